The number of amides is 1. The molecular formula is C29H17ClN4O5S. The standard InChI is InChI=1S/C29H17ClN4O5S/c30-22-11-5-6-12-23(22)32-27(35)21(17-31)29-33(18-8-2-1-3-9-18)28(36)26(40-29)16-19-14-15-25(39-19)20-10-4-7-13-24(20)34(37)38/h1-16H,(H,32,35)/b26-16+,29-21-. The second-order valence-corrected chi connectivity index (χ2v) is 9.73. The number of carbonyl (C=O) groups excluding carboxylic acids is 1. The molecule has 11 heteroatoms. The smallest absolute Gasteiger partial charge is 0.280 e. The van der Waals surface area contributed by atoms with Gasteiger partial charge in [0.1, 0.15) is 22.3 Å². The Bertz CT molecular complexity index is 1990. The molecule has 5 rings (SSSR count). The predicted octanol–water partition coefficient (Wildman–Crippen LogP) is 4.86. The molecule has 196 valence electrons. The Morgan fingerprint density at radius 3 is 2.45 bits per heavy atom. The number of halogens is 1. The van der Waals surface area contributed by atoms with Gasteiger partial charge in [0.25, 0.3) is 17.2 Å². The Balaban J connectivity index is 1.67. The summed E-state index contributed by atoms with van der Waals surface area (Å²) in [5.41, 5.74) is 0.176. The molecule has 0 saturated heterocycles. The molecular weight excluding hydrogens is 552 g/mol. The van der Waals surface area contributed by atoms with Crippen LogP contribution in [0.3, 0.4) is 0 Å². The van der Waals surface area contributed by atoms with Crippen LogP contribution in [0.25, 0.3) is 28.7 Å². The number of furan rings is 1. The highest BCUT2D eigenvalue weighted by molar-refractivity contribution is 7.07. The van der Waals surface area contributed by atoms with E-state index in [0.29, 0.717) is 16.4 Å². The van der Waals surface area contributed by atoms with Crippen LogP contribution in [0.4, 0.5) is 11.4 Å². The van der Waals surface area contributed by atoms with E-state index < -0.39 is 16.4 Å². The summed E-state index contributed by atoms with van der Waals surface area (Å²) in [6.45, 7) is 0. The van der Waals surface area contributed by atoms with Crippen molar-refractivity contribution < 1.29 is 14.1 Å². The van der Waals surface area contributed by atoms with Crippen LogP contribution < -0.4 is 20.1 Å². The molecule has 9 nitrogen and oxygen atoms in total. The Hall–Kier alpha value is -5.24. The van der Waals surface area contributed by atoms with Crippen LogP contribution in [0, 0.1) is 21.4 Å². The molecule has 0 radical (unpaired) electrons. The van der Waals surface area contributed by atoms with Crippen LogP contribution in [-0.2, 0) is 4.79 Å². The number of carbonyl (C=O) groups is 1. The molecule has 0 spiro atoms. The molecule has 40 heavy (non-hydrogen) atoms. The average Bonchev–Trinajstić information content (AvgIpc) is 3.55. The van der Waals surface area contributed by atoms with E-state index >= 15 is 0 Å². The summed E-state index contributed by atoms with van der Waals surface area (Å²) in [6, 6.07) is 26.4. The number of thiazole rings is 1. The number of nitriles is 1. The lowest BCUT2D eigenvalue weighted by atomic mass is 10.1. The quantitative estimate of drug-likeness (QED) is 0.230. The molecule has 2 heterocycles. The first-order valence-electron chi connectivity index (χ1n) is 11.7. The van der Waals surface area contributed by atoms with Gasteiger partial charge in [0.05, 0.1) is 31.4 Å². The number of hydrogen-bond acceptors (Lipinski definition) is 7. The minimum Gasteiger partial charge on any atom is -0.456 e. The first-order valence-corrected chi connectivity index (χ1v) is 12.9. The number of nitrogens with zero attached hydrogens (tertiary/aromatic N) is 3. The maximum Gasteiger partial charge on any atom is 0.280 e. The second kappa shape index (κ2) is 11.2. The summed E-state index contributed by atoms with van der Waals surface area (Å²) < 4.78 is 7.41. The summed E-state index contributed by atoms with van der Waals surface area (Å²) in [5.74, 6) is -0.218. The fourth-order valence-corrected chi connectivity index (χ4v) is 5.22. The molecule has 5 aromatic rings. The van der Waals surface area contributed by atoms with Crippen LogP contribution in [0.15, 0.2) is 100 Å². The highest BCUT2D eigenvalue weighted by Gasteiger charge is 2.19. The van der Waals surface area contributed by atoms with Gasteiger partial charge in [-0.3, -0.25) is 24.3 Å². The van der Waals surface area contributed by atoms with Crippen molar-refractivity contribution in [3.8, 4) is 23.1 Å². The average molecular weight is 569 g/mol. The zero-order chi connectivity index (χ0) is 28.2. The highest BCUT2D eigenvalue weighted by Crippen LogP contribution is 2.31. The molecule has 1 amide bonds. The zero-order valence-corrected chi connectivity index (χ0v) is 22.0. The Labute approximate surface area is 235 Å². The van der Waals surface area contributed by atoms with E-state index in [2.05, 4.69) is 5.32 Å². The summed E-state index contributed by atoms with van der Waals surface area (Å²) in [7, 11) is 0. The van der Waals surface area contributed by atoms with Gasteiger partial charge in [0.2, 0.25) is 0 Å². The normalized spacial score (nSPS) is 12.1. The Morgan fingerprint density at radius 2 is 1.73 bits per heavy atom. The second-order valence-electron chi connectivity index (χ2n) is 8.29. The van der Waals surface area contributed by atoms with E-state index in [-0.39, 0.29) is 37.5 Å². The molecule has 1 N–H and O–H groups in total. The van der Waals surface area contributed by atoms with E-state index in [0.717, 1.165) is 11.3 Å². The number of hydrogen-bond donors (Lipinski definition) is 1. The van der Waals surface area contributed by atoms with E-state index in [1.807, 2.05) is 6.07 Å². The third-order valence-electron chi connectivity index (χ3n) is 5.78. The molecule has 2 aromatic heterocycles. The number of nitro benzene ring substituents is 1. The number of rotatable bonds is 6. The maximum absolute atomic E-state index is 13.6. The summed E-state index contributed by atoms with van der Waals surface area (Å²) in [6.07, 6.45) is 1.47. The van der Waals surface area contributed by atoms with Crippen molar-refractivity contribution >= 4 is 51.9 Å². The van der Waals surface area contributed by atoms with Crippen molar-refractivity contribution in [3.05, 3.63) is 131 Å². The number of nitro groups is 1. The van der Waals surface area contributed by atoms with Crippen LogP contribution in [0.2, 0.25) is 5.02 Å². The molecule has 0 unspecified atom stereocenters. The Kier molecular flexibility index (Phi) is 7.41. The lowest BCUT2D eigenvalue weighted by Crippen LogP contribution is -2.32. The van der Waals surface area contributed by atoms with Crippen molar-refractivity contribution in [2.75, 3.05) is 5.32 Å². The van der Waals surface area contributed by atoms with Gasteiger partial charge in [0, 0.05) is 12.1 Å². The lowest BCUT2D eigenvalue weighted by Gasteiger charge is -2.07. The van der Waals surface area contributed by atoms with Gasteiger partial charge in [-0.05, 0) is 42.5 Å². The third-order valence-corrected chi connectivity index (χ3v) is 7.20. The van der Waals surface area contributed by atoms with Crippen molar-refractivity contribution in [3.63, 3.8) is 0 Å². The number of anilines is 1. The first-order chi connectivity index (χ1) is 19.4. The van der Waals surface area contributed by atoms with Crippen LogP contribution in [0.5, 0.6) is 0 Å². The molecule has 3 aromatic carbocycles. The molecule has 0 aliphatic rings. The molecule has 0 saturated carbocycles. The molecule has 0 fully saturated rings. The minimum absolute atomic E-state index is 0.111. The van der Waals surface area contributed by atoms with Gasteiger partial charge < -0.3 is 9.73 Å². The zero-order valence-electron chi connectivity index (χ0n) is 20.4. The van der Waals surface area contributed by atoms with E-state index in [4.69, 9.17) is 16.0 Å². The number of benzene rings is 3. The monoisotopic (exact) mass is 568 g/mol. The van der Waals surface area contributed by atoms with Crippen LogP contribution in [-0.4, -0.2) is 15.4 Å². The summed E-state index contributed by atoms with van der Waals surface area (Å²) in [5, 5.41) is 24.3. The van der Waals surface area contributed by atoms with Crippen LogP contribution >= 0.6 is 22.9 Å². The van der Waals surface area contributed by atoms with Crippen molar-refractivity contribution in [1.82, 2.24) is 4.57 Å². The fourth-order valence-electron chi connectivity index (χ4n) is 3.95. The van der Waals surface area contributed by atoms with Crippen LogP contribution in [0.1, 0.15) is 5.76 Å². The molecule has 0 aliphatic carbocycles. The molecule has 0 aliphatic heterocycles. The highest BCUT2D eigenvalue weighted by atomic mass is 35.5. The summed E-state index contributed by atoms with van der Waals surface area (Å²) >= 11 is 7.11. The van der Waals surface area contributed by atoms with Gasteiger partial charge in [-0.1, -0.05) is 54.1 Å². The van der Waals surface area contributed by atoms with Gasteiger partial charge in [-0.15, -0.1) is 11.3 Å². The minimum atomic E-state index is -0.732. The fraction of sp³-hybridized carbons (Fsp3) is 0. The summed E-state index contributed by atoms with van der Waals surface area (Å²) in [4.78, 5) is 37.7. The van der Waals surface area contributed by atoms with Gasteiger partial charge in [-0.2, -0.15) is 5.26 Å². The lowest BCUT2D eigenvalue weighted by molar-refractivity contribution is -0.384. The Morgan fingerprint density at radius 1 is 1.02 bits per heavy atom. The molecule has 0 atom stereocenters. The SMILES string of the molecule is N#C/C(C(=O)Nc1ccccc1Cl)=c1/s/c(=C/c2ccc(-c3ccccc3[N+](=O)[O-])o2)c(=O)n1-c1ccccc1. The predicted molar refractivity (Wildman–Crippen MR) is 153 cm³/mol. The number of aromatic nitrogens is 1. The third kappa shape index (κ3) is 5.19. The number of para-hydroxylation sites is 3. The van der Waals surface area contributed by atoms with Crippen molar-refractivity contribution in [2.45, 2.75) is 0 Å². The molecule has 0 bridgehead atoms. The van der Waals surface area contributed by atoms with Gasteiger partial charge in [-0.25, -0.2) is 0 Å². The van der Waals surface area contributed by atoms with E-state index in [1.165, 1.54) is 16.7 Å². The topological polar surface area (TPSA) is 131 Å². The largest absolute Gasteiger partial charge is 0.456 e. The van der Waals surface area contributed by atoms with Gasteiger partial charge >= 0.3 is 0 Å². The number of nitrogens with one attached hydrogen (secondary N) is 1. The first kappa shape index (κ1) is 26.4. The maximum atomic E-state index is 13.6. The van der Waals surface area contributed by atoms with Crippen molar-refractivity contribution in [1.29, 1.82) is 5.26 Å². The van der Waals surface area contributed by atoms with Gasteiger partial charge in [0.15, 0.2) is 5.57 Å². The van der Waals surface area contributed by atoms with E-state index in [9.17, 15) is 25.0 Å². The van der Waals surface area contributed by atoms with E-state index in [1.54, 1.807) is 84.9 Å². The van der Waals surface area contributed by atoms with Crippen molar-refractivity contribution in [2.24, 2.45) is 0 Å².